The highest BCUT2D eigenvalue weighted by atomic mass is 16.3. The van der Waals surface area contributed by atoms with E-state index in [4.69, 9.17) is 10.8 Å². The Balaban J connectivity index is 2.64. The summed E-state index contributed by atoms with van der Waals surface area (Å²) in [6.45, 7) is 5.03. The van der Waals surface area contributed by atoms with E-state index in [1.54, 1.807) is 17.8 Å². The molecule has 1 atom stereocenters. The van der Waals surface area contributed by atoms with Crippen molar-refractivity contribution in [1.29, 1.82) is 0 Å². The Morgan fingerprint density at radius 3 is 3.00 bits per heavy atom. The van der Waals surface area contributed by atoms with Gasteiger partial charge in [0, 0.05) is 18.8 Å². The molecule has 1 heterocycles. The maximum atomic E-state index is 11.8. The Morgan fingerprint density at radius 2 is 2.41 bits per heavy atom. The summed E-state index contributed by atoms with van der Waals surface area (Å²) in [5, 5.41) is 15.9. The quantitative estimate of drug-likeness (QED) is 0.633. The number of hydrogen-bond acceptors (Lipinski definition) is 4. The zero-order valence-corrected chi connectivity index (χ0v) is 10.3. The van der Waals surface area contributed by atoms with Crippen LogP contribution in [0, 0.1) is 6.92 Å². The molecule has 1 amide bonds. The van der Waals surface area contributed by atoms with Gasteiger partial charge < -0.3 is 16.2 Å². The number of aliphatic hydroxyl groups excluding tert-OH is 1. The van der Waals surface area contributed by atoms with Crippen LogP contribution in [0.2, 0.25) is 0 Å². The van der Waals surface area contributed by atoms with Gasteiger partial charge >= 0.3 is 0 Å². The van der Waals surface area contributed by atoms with Crippen LogP contribution in [0.25, 0.3) is 0 Å². The maximum Gasteiger partial charge on any atom is 0.254 e. The Labute approximate surface area is 101 Å². The lowest BCUT2D eigenvalue weighted by atomic mass is 10.2. The molecule has 17 heavy (non-hydrogen) atoms. The van der Waals surface area contributed by atoms with E-state index in [0.29, 0.717) is 18.7 Å². The number of nitrogens with two attached hydrogens (primary N) is 1. The van der Waals surface area contributed by atoms with E-state index in [-0.39, 0.29) is 12.5 Å². The number of amides is 1. The second-order valence-electron chi connectivity index (χ2n) is 4.07. The third-order valence-electron chi connectivity index (χ3n) is 2.48. The summed E-state index contributed by atoms with van der Waals surface area (Å²) in [7, 11) is 0. The van der Waals surface area contributed by atoms with E-state index in [0.717, 1.165) is 12.1 Å². The molecule has 4 N–H and O–H groups in total. The molecular weight excluding hydrogens is 220 g/mol. The van der Waals surface area contributed by atoms with Gasteiger partial charge in [-0.1, -0.05) is 0 Å². The zero-order valence-electron chi connectivity index (χ0n) is 10.3. The molecule has 96 valence electrons. The fourth-order valence-electron chi connectivity index (χ4n) is 1.47. The third kappa shape index (κ3) is 3.83. The predicted octanol–water partition coefficient (Wildman–Crippen LogP) is -0.349. The molecule has 0 radical (unpaired) electrons. The molecule has 0 bridgehead atoms. The second kappa shape index (κ2) is 6.36. The lowest BCUT2D eigenvalue weighted by molar-refractivity contribution is 0.0923. The highest BCUT2D eigenvalue weighted by molar-refractivity contribution is 5.95. The molecule has 6 nitrogen and oxygen atoms in total. The molecule has 0 aliphatic heterocycles. The van der Waals surface area contributed by atoms with E-state index in [2.05, 4.69) is 10.4 Å². The Hall–Kier alpha value is -1.40. The van der Waals surface area contributed by atoms with Gasteiger partial charge in [0.1, 0.15) is 0 Å². The molecule has 0 fully saturated rings. The molecule has 0 spiro atoms. The average molecular weight is 240 g/mol. The van der Waals surface area contributed by atoms with Crippen molar-refractivity contribution in [1.82, 2.24) is 15.1 Å². The van der Waals surface area contributed by atoms with Gasteiger partial charge in [-0.05, 0) is 26.8 Å². The molecular formula is C11H20N4O2. The van der Waals surface area contributed by atoms with Crippen LogP contribution in [-0.4, -0.2) is 40.0 Å². The lowest BCUT2D eigenvalue weighted by Crippen LogP contribution is -2.30. The van der Waals surface area contributed by atoms with E-state index in [1.165, 1.54) is 0 Å². The minimum Gasteiger partial charge on any atom is -0.392 e. The van der Waals surface area contributed by atoms with Gasteiger partial charge in [-0.25, -0.2) is 0 Å². The largest absolute Gasteiger partial charge is 0.392 e. The molecule has 0 unspecified atom stereocenters. The van der Waals surface area contributed by atoms with Crippen LogP contribution in [0.3, 0.4) is 0 Å². The van der Waals surface area contributed by atoms with Crippen molar-refractivity contribution >= 4 is 5.91 Å². The predicted molar refractivity (Wildman–Crippen MR) is 64.6 cm³/mol. The molecule has 0 saturated heterocycles. The summed E-state index contributed by atoms with van der Waals surface area (Å²) >= 11 is 0. The number of aliphatic hydroxyl groups is 1. The number of rotatable bonds is 6. The number of carbonyl (C=O) groups is 1. The van der Waals surface area contributed by atoms with Crippen LogP contribution >= 0.6 is 0 Å². The van der Waals surface area contributed by atoms with Crippen molar-refractivity contribution in [2.45, 2.75) is 32.9 Å². The minimum absolute atomic E-state index is 0.206. The smallest absolute Gasteiger partial charge is 0.254 e. The first-order chi connectivity index (χ1) is 8.06. The number of aromatic nitrogens is 2. The van der Waals surface area contributed by atoms with Gasteiger partial charge in [0.15, 0.2) is 0 Å². The maximum absolute atomic E-state index is 11.8. The normalized spacial score (nSPS) is 12.5. The van der Waals surface area contributed by atoms with E-state index in [1.807, 2.05) is 6.92 Å². The fraction of sp³-hybridized carbons (Fsp3) is 0.636. The van der Waals surface area contributed by atoms with Gasteiger partial charge in [0.25, 0.3) is 5.91 Å². The van der Waals surface area contributed by atoms with Gasteiger partial charge in [-0.15, -0.1) is 0 Å². The van der Waals surface area contributed by atoms with Crippen LogP contribution in [0.5, 0.6) is 0 Å². The van der Waals surface area contributed by atoms with Crippen LogP contribution in [0.4, 0.5) is 0 Å². The number of nitrogens with one attached hydrogen (secondary N) is 1. The Morgan fingerprint density at radius 1 is 1.71 bits per heavy atom. The highest BCUT2D eigenvalue weighted by Crippen LogP contribution is 2.07. The summed E-state index contributed by atoms with van der Waals surface area (Å²) in [5.74, 6) is -0.206. The summed E-state index contributed by atoms with van der Waals surface area (Å²) in [5.41, 5.74) is 6.79. The van der Waals surface area contributed by atoms with Gasteiger partial charge in [-0.2, -0.15) is 5.10 Å². The standard InChI is InChI=1S/C11H20N4O2/c1-8(16)6-13-11(17)10-7-14-15(9(10)2)5-3-4-12/h7-8,16H,3-6,12H2,1-2H3,(H,13,17)/t8-/m1/s1. The number of hydrogen-bond donors (Lipinski definition) is 3. The molecule has 1 aromatic rings. The van der Waals surface area contributed by atoms with Crippen LogP contribution in [0.15, 0.2) is 6.20 Å². The van der Waals surface area contributed by atoms with Crippen molar-refractivity contribution in [3.05, 3.63) is 17.5 Å². The number of carbonyl (C=O) groups excluding carboxylic acids is 1. The van der Waals surface area contributed by atoms with Crippen LogP contribution in [0.1, 0.15) is 29.4 Å². The highest BCUT2D eigenvalue weighted by Gasteiger charge is 2.13. The number of aryl methyl sites for hydroxylation is 1. The first kappa shape index (κ1) is 13.7. The molecule has 1 rings (SSSR count). The Bertz CT molecular complexity index is 374. The van der Waals surface area contributed by atoms with Crippen molar-refractivity contribution in [2.75, 3.05) is 13.1 Å². The van der Waals surface area contributed by atoms with Crippen LogP contribution < -0.4 is 11.1 Å². The van der Waals surface area contributed by atoms with Gasteiger partial charge in [0.2, 0.25) is 0 Å². The lowest BCUT2D eigenvalue weighted by Gasteiger charge is -2.07. The molecule has 0 aliphatic rings. The number of nitrogens with zero attached hydrogens (tertiary/aromatic N) is 2. The third-order valence-corrected chi connectivity index (χ3v) is 2.48. The minimum atomic E-state index is -0.549. The fourth-order valence-corrected chi connectivity index (χ4v) is 1.47. The van der Waals surface area contributed by atoms with Crippen molar-refractivity contribution in [2.24, 2.45) is 5.73 Å². The second-order valence-corrected chi connectivity index (χ2v) is 4.07. The molecule has 0 aromatic carbocycles. The van der Waals surface area contributed by atoms with Crippen LogP contribution in [-0.2, 0) is 6.54 Å². The van der Waals surface area contributed by atoms with Crippen molar-refractivity contribution in [3.8, 4) is 0 Å². The summed E-state index contributed by atoms with van der Waals surface area (Å²) in [6.07, 6.45) is 1.83. The van der Waals surface area contributed by atoms with Gasteiger partial charge in [-0.3, -0.25) is 9.48 Å². The monoisotopic (exact) mass is 240 g/mol. The molecule has 1 aromatic heterocycles. The summed E-state index contributed by atoms with van der Waals surface area (Å²) < 4.78 is 1.77. The average Bonchev–Trinajstić information content (AvgIpc) is 2.65. The van der Waals surface area contributed by atoms with Gasteiger partial charge in [0.05, 0.1) is 17.9 Å². The first-order valence-electron chi connectivity index (χ1n) is 5.75. The first-order valence-corrected chi connectivity index (χ1v) is 5.75. The Kier molecular flexibility index (Phi) is 5.11. The van der Waals surface area contributed by atoms with Crippen molar-refractivity contribution in [3.63, 3.8) is 0 Å². The van der Waals surface area contributed by atoms with E-state index < -0.39 is 6.10 Å². The zero-order chi connectivity index (χ0) is 12.8. The molecule has 0 saturated carbocycles. The SMILES string of the molecule is Cc1c(C(=O)NC[C@@H](C)O)cnn1CCCN. The molecule has 0 aliphatic carbocycles. The topological polar surface area (TPSA) is 93.2 Å². The van der Waals surface area contributed by atoms with E-state index in [9.17, 15) is 4.79 Å². The summed E-state index contributed by atoms with van der Waals surface area (Å²) in [4.78, 5) is 11.8. The van der Waals surface area contributed by atoms with E-state index >= 15 is 0 Å². The van der Waals surface area contributed by atoms with Crippen molar-refractivity contribution < 1.29 is 9.90 Å². The molecule has 6 heteroatoms. The summed E-state index contributed by atoms with van der Waals surface area (Å²) in [6, 6.07) is 0.